The van der Waals surface area contributed by atoms with Gasteiger partial charge < -0.3 is 24.4 Å². The number of carbonyl (C=O) groups is 2. The first kappa shape index (κ1) is 23.3. The quantitative estimate of drug-likeness (QED) is 0.621. The van der Waals surface area contributed by atoms with Gasteiger partial charge >= 0.3 is 0 Å². The van der Waals surface area contributed by atoms with Crippen molar-refractivity contribution in [3.8, 4) is 17.2 Å². The number of nitrogens with one attached hydrogen (secondary N) is 1. The Bertz CT molecular complexity index is 852. The summed E-state index contributed by atoms with van der Waals surface area (Å²) in [5.41, 5.74) is 0.748. The van der Waals surface area contributed by atoms with Gasteiger partial charge in [-0.15, -0.1) is 0 Å². The summed E-state index contributed by atoms with van der Waals surface area (Å²) < 4.78 is 16.1. The van der Waals surface area contributed by atoms with Gasteiger partial charge in [0.05, 0.1) is 14.2 Å². The fourth-order valence-electron chi connectivity index (χ4n) is 2.99. The molecule has 0 aromatic heterocycles. The molecule has 2 aromatic carbocycles. The van der Waals surface area contributed by atoms with Crippen molar-refractivity contribution >= 4 is 23.4 Å². The van der Waals surface area contributed by atoms with Crippen molar-refractivity contribution in [3.63, 3.8) is 0 Å². The van der Waals surface area contributed by atoms with Crippen molar-refractivity contribution in [2.75, 3.05) is 27.9 Å². The van der Waals surface area contributed by atoms with Gasteiger partial charge in [0.15, 0.2) is 6.61 Å². The van der Waals surface area contributed by atoms with Gasteiger partial charge in [0.25, 0.3) is 5.91 Å². The molecule has 0 saturated heterocycles. The van der Waals surface area contributed by atoms with Crippen LogP contribution in [0.5, 0.6) is 17.2 Å². The average molecular weight is 435 g/mol. The highest BCUT2D eigenvalue weighted by Gasteiger charge is 2.28. The SMILES string of the molecule is CC[C@H](C(=O)NC)N(Cc1ccccc1Cl)C(=O)COc1cc(OC)cc(OC)c1. The molecule has 0 bridgehead atoms. The molecule has 2 rings (SSSR count). The first-order valence-corrected chi connectivity index (χ1v) is 9.91. The molecular formula is C22H27ClN2O5. The fraction of sp³-hybridized carbons (Fsp3) is 0.364. The third kappa shape index (κ3) is 6.03. The monoisotopic (exact) mass is 434 g/mol. The van der Waals surface area contributed by atoms with Crippen LogP contribution in [-0.2, 0) is 16.1 Å². The lowest BCUT2D eigenvalue weighted by Crippen LogP contribution is -2.49. The number of methoxy groups -OCH3 is 2. The topological polar surface area (TPSA) is 77.1 Å². The van der Waals surface area contributed by atoms with Crippen LogP contribution in [0.2, 0.25) is 5.02 Å². The number of halogens is 1. The molecule has 7 nitrogen and oxygen atoms in total. The van der Waals surface area contributed by atoms with Gasteiger partial charge in [0.1, 0.15) is 23.3 Å². The maximum Gasteiger partial charge on any atom is 0.261 e. The van der Waals surface area contributed by atoms with E-state index in [4.69, 9.17) is 25.8 Å². The molecule has 2 aromatic rings. The van der Waals surface area contributed by atoms with E-state index in [-0.39, 0.29) is 25.0 Å². The van der Waals surface area contributed by atoms with Crippen LogP contribution in [0.4, 0.5) is 0 Å². The largest absolute Gasteiger partial charge is 0.496 e. The number of ether oxygens (including phenoxy) is 3. The molecule has 162 valence electrons. The molecule has 0 spiro atoms. The summed E-state index contributed by atoms with van der Waals surface area (Å²) in [7, 11) is 4.61. The van der Waals surface area contributed by atoms with E-state index >= 15 is 0 Å². The lowest BCUT2D eigenvalue weighted by molar-refractivity contribution is -0.142. The molecule has 0 aliphatic heterocycles. The van der Waals surface area contributed by atoms with E-state index in [0.29, 0.717) is 28.7 Å². The van der Waals surface area contributed by atoms with Gasteiger partial charge in [-0.1, -0.05) is 36.7 Å². The molecule has 0 aliphatic carbocycles. The number of nitrogens with zero attached hydrogens (tertiary/aromatic N) is 1. The van der Waals surface area contributed by atoms with E-state index in [1.165, 1.54) is 19.1 Å². The van der Waals surface area contributed by atoms with E-state index in [1.54, 1.807) is 31.3 Å². The van der Waals surface area contributed by atoms with Crippen LogP contribution in [0.25, 0.3) is 0 Å². The minimum absolute atomic E-state index is 0.190. The Morgan fingerprint density at radius 2 is 1.67 bits per heavy atom. The summed E-state index contributed by atoms with van der Waals surface area (Å²) in [6, 6.07) is 11.6. The highest BCUT2D eigenvalue weighted by Crippen LogP contribution is 2.27. The normalized spacial score (nSPS) is 11.4. The van der Waals surface area contributed by atoms with Crippen molar-refractivity contribution < 1.29 is 23.8 Å². The van der Waals surface area contributed by atoms with E-state index in [0.717, 1.165) is 5.56 Å². The van der Waals surface area contributed by atoms with Gasteiger partial charge in [0.2, 0.25) is 5.91 Å². The van der Waals surface area contributed by atoms with Crippen molar-refractivity contribution in [2.45, 2.75) is 25.9 Å². The van der Waals surface area contributed by atoms with Gasteiger partial charge in [0, 0.05) is 36.8 Å². The molecule has 0 radical (unpaired) electrons. The van der Waals surface area contributed by atoms with Crippen molar-refractivity contribution in [2.24, 2.45) is 0 Å². The second-order valence-electron chi connectivity index (χ2n) is 6.49. The second-order valence-corrected chi connectivity index (χ2v) is 6.90. The fourth-order valence-corrected chi connectivity index (χ4v) is 3.18. The van der Waals surface area contributed by atoms with Gasteiger partial charge in [-0.2, -0.15) is 0 Å². The minimum atomic E-state index is -0.651. The number of hydrogen-bond acceptors (Lipinski definition) is 5. The van der Waals surface area contributed by atoms with Gasteiger partial charge in [-0.25, -0.2) is 0 Å². The zero-order valence-electron chi connectivity index (χ0n) is 17.6. The number of amides is 2. The molecule has 0 aliphatic rings. The summed E-state index contributed by atoms with van der Waals surface area (Å²) in [4.78, 5) is 27.0. The van der Waals surface area contributed by atoms with Gasteiger partial charge in [-0.05, 0) is 18.1 Å². The van der Waals surface area contributed by atoms with E-state index < -0.39 is 6.04 Å². The lowest BCUT2D eigenvalue weighted by atomic mass is 10.1. The summed E-state index contributed by atoms with van der Waals surface area (Å²) >= 11 is 6.28. The molecule has 0 unspecified atom stereocenters. The molecule has 0 heterocycles. The summed E-state index contributed by atoms with van der Waals surface area (Å²) in [5.74, 6) is 0.918. The Balaban J connectivity index is 2.23. The maximum atomic E-state index is 13.1. The zero-order valence-corrected chi connectivity index (χ0v) is 18.4. The summed E-state index contributed by atoms with van der Waals surface area (Å²) in [6.45, 7) is 1.78. The van der Waals surface area contributed by atoms with Crippen molar-refractivity contribution in [3.05, 3.63) is 53.1 Å². The highest BCUT2D eigenvalue weighted by atomic mass is 35.5. The summed E-state index contributed by atoms with van der Waals surface area (Å²) in [6.07, 6.45) is 0.447. The van der Waals surface area contributed by atoms with E-state index in [2.05, 4.69) is 5.32 Å². The Kier molecular flexibility index (Phi) is 8.80. The average Bonchev–Trinajstić information content (AvgIpc) is 2.77. The van der Waals surface area contributed by atoms with Crippen LogP contribution in [0.3, 0.4) is 0 Å². The Morgan fingerprint density at radius 1 is 1.07 bits per heavy atom. The molecule has 30 heavy (non-hydrogen) atoms. The van der Waals surface area contributed by atoms with Crippen LogP contribution in [0.15, 0.2) is 42.5 Å². The van der Waals surface area contributed by atoms with Crippen LogP contribution in [0.1, 0.15) is 18.9 Å². The first-order valence-electron chi connectivity index (χ1n) is 9.53. The third-order valence-electron chi connectivity index (χ3n) is 4.62. The van der Waals surface area contributed by atoms with Gasteiger partial charge in [-0.3, -0.25) is 9.59 Å². The minimum Gasteiger partial charge on any atom is -0.496 e. The molecular weight excluding hydrogens is 408 g/mol. The maximum absolute atomic E-state index is 13.1. The van der Waals surface area contributed by atoms with Crippen LogP contribution in [-0.4, -0.2) is 50.6 Å². The Hall–Kier alpha value is -2.93. The number of benzene rings is 2. The molecule has 1 N–H and O–H groups in total. The van der Waals surface area contributed by atoms with Crippen LogP contribution in [0, 0.1) is 0 Å². The van der Waals surface area contributed by atoms with Crippen LogP contribution >= 0.6 is 11.6 Å². The molecule has 0 fully saturated rings. The molecule has 8 heteroatoms. The Labute approximate surface area is 181 Å². The lowest BCUT2D eigenvalue weighted by Gasteiger charge is -2.30. The van der Waals surface area contributed by atoms with Crippen molar-refractivity contribution in [1.82, 2.24) is 10.2 Å². The predicted molar refractivity (Wildman–Crippen MR) is 115 cm³/mol. The van der Waals surface area contributed by atoms with Crippen molar-refractivity contribution in [1.29, 1.82) is 0 Å². The number of rotatable bonds is 10. The number of likely N-dealkylation sites (N-methyl/N-ethyl adjacent to an activating group) is 1. The number of hydrogen-bond donors (Lipinski definition) is 1. The first-order chi connectivity index (χ1) is 14.4. The van der Waals surface area contributed by atoms with E-state index in [1.807, 2.05) is 25.1 Å². The third-order valence-corrected chi connectivity index (χ3v) is 4.99. The zero-order chi connectivity index (χ0) is 22.1. The second kappa shape index (κ2) is 11.3. The molecule has 1 atom stereocenters. The molecule has 0 saturated carbocycles. The number of carbonyl (C=O) groups excluding carboxylic acids is 2. The smallest absolute Gasteiger partial charge is 0.261 e. The standard InChI is InChI=1S/C22H27ClN2O5/c1-5-20(22(27)24-2)25(13-15-8-6-7-9-19(15)23)21(26)14-30-18-11-16(28-3)10-17(12-18)29-4/h6-12,20H,5,13-14H2,1-4H3,(H,24,27)/t20-/m1/s1. The highest BCUT2D eigenvalue weighted by molar-refractivity contribution is 6.31. The van der Waals surface area contributed by atoms with Crippen LogP contribution < -0.4 is 19.5 Å². The predicted octanol–water partition coefficient (Wildman–Crippen LogP) is 3.29. The molecule has 2 amide bonds. The summed E-state index contributed by atoms with van der Waals surface area (Å²) in [5, 5.41) is 3.14. The van der Waals surface area contributed by atoms with E-state index in [9.17, 15) is 9.59 Å². The Morgan fingerprint density at radius 3 is 2.20 bits per heavy atom.